The van der Waals surface area contributed by atoms with Crippen molar-refractivity contribution in [1.29, 1.82) is 0 Å². The molecule has 0 aliphatic rings. The molecule has 0 saturated heterocycles. The molecule has 0 aliphatic heterocycles. The average Bonchev–Trinajstić information content (AvgIpc) is 2.29. The van der Waals surface area contributed by atoms with Gasteiger partial charge in [0.15, 0.2) is 0 Å². The lowest BCUT2D eigenvalue weighted by atomic mass is 10.1. The van der Waals surface area contributed by atoms with Crippen molar-refractivity contribution in [3.05, 3.63) is 28.2 Å². The number of hydrogen-bond acceptors (Lipinski definition) is 2. The van der Waals surface area contributed by atoms with E-state index in [1.165, 1.54) is 13.0 Å². The number of halogens is 4. The van der Waals surface area contributed by atoms with E-state index in [1.807, 2.05) is 10.6 Å². The molecule has 9 heteroatoms. The first-order chi connectivity index (χ1) is 9.11. The highest BCUT2D eigenvalue weighted by Gasteiger charge is 2.34. The van der Waals surface area contributed by atoms with Crippen molar-refractivity contribution in [3.8, 4) is 0 Å². The Labute approximate surface area is 120 Å². The van der Waals surface area contributed by atoms with Crippen LogP contribution in [0.5, 0.6) is 0 Å². The number of amides is 2. The van der Waals surface area contributed by atoms with Crippen molar-refractivity contribution in [2.24, 2.45) is 0 Å². The maximum atomic E-state index is 12.8. The fraction of sp³-hybridized carbons (Fsp3) is 0.273. The number of carboxylic acids is 1. The molecule has 1 aromatic carbocycles. The summed E-state index contributed by atoms with van der Waals surface area (Å²) in [6.45, 7) is 1.19. The average molecular weight is 355 g/mol. The van der Waals surface area contributed by atoms with Crippen molar-refractivity contribution in [2.45, 2.75) is 19.1 Å². The smallest absolute Gasteiger partial charge is 0.418 e. The van der Waals surface area contributed by atoms with E-state index in [1.54, 1.807) is 0 Å². The quantitative estimate of drug-likeness (QED) is 0.780. The molecule has 0 aliphatic carbocycles. The molecule has 110 valence electrons. The minimum Gasteiger partial charge on any atom is -0.480 e. The first kappa shape index (κ1) is 16.3. The van der Waals surface area contributed by atoms with Gasteiger partial charge in [-0.1, -0.05) is 15.9 Å². The first-order valence-corrected chi connectivity index (χ1v) is 6.07. The van der Waals surface area contributed by atoms with Crippen LogP contribution in [0, 0.1) is 0 Å². The molecule has 0 spiro atoms. The van der Waals surface area contributed by atoms with Gasteiger partial charge < -0.3 is 15.7 Å². The van der Waals surface area contributed by atoms with Gasteiger partial charge in [0.1, 0.15) is 6.04 Å². The molecule has 5 nitrogen and oxygen atoms in total. The van der Waals surface area contributed by atoms with Crippen LogP contribution in [0.3, 0.4) is 0 Å². The Morgan fingerprint density at radius 3 is 2.45 bits per heavy atom. The lowest BCUT2D eigenvalue weighted by Crippen LogP contribution is -2.41. The van der Waals surface area contributed by atoms with Crippen LogP contribution in [-0.4, -0.2) is 23.1 Å². The molecule has 0 fully saturated rings. The summed E-state index contributed by atoms with van der Waals surface area (Å²) in [7, 11) is 0. The van der Waals surface area contributed by atoms with Crippen molar-refractivity contribution >= 4 is 33.6 Å². The zero-order valence-electron chi connectivity index (χ0n) is 10.1. The van der Waals surface area contributed by atoms with Crippen LogP contribution in [0.4, 0.5) is 23.7 Å². The van der Waals surface area contributed by atoms with Crippen LogP contribution in [0.25, 0.3) is 0 Å². The number of alkyl halides is 3. The van der Waals surface area contributed by atoms with E-state index < -0.39 is 35.5 Å². The second-order valence-electron chi connectivity index (χ2n) is 3.85. The summed E-state index contributed by atoms with van der Waals surface area (Å²) < 4.78 is 38.6. The third-order valence-electron chi connectivity index (χ3n) is 2.25. The number of aliphatic carboxylic acids is 1. The van der Waals surface area contributed by atoms with Crippen LogP contribution < -0.4 is 10.6 Å². The second kappa shape index (κ2) is 6.12. The molecule has 20 heavy (non-hydrogen) atoms. The summed E-state index contributed by atoms with van der Waals surface area (Å²) in [5.41, 5.74) is -1.50. The van der Waals surface area contributed by atoms with E-state index in [0.717, 1.165) is 12.1 Å². The SMILES string of the molecule is CC(NC(=O)Nc1ccc(Br)cc1C(F)(F)F)C(=O)O. The molecule has 1 atom stereocenters. The minimum atomic E-state index is -4.65. The van der Waals surface area contributed by atoms with Gasteiger partial charge in [-0.25, -0.2) is 4.79 Å². The van der Waals surface area contributed by atoms with Gasteiger partial charge in [-0.15, -0.1) is 0 Å². The molecule has 1 rings (SSSR count). The summed E-state index contributed by atoms with van der Waals surface area (Å²) in [5.74, 6) is -1.30. The highest BCUT2D eigenvalue weighted by Crippen LogP contribution is 2.36. The first-order valence-electron chi connectivity index (χ1n) is 5.28. The molecular formula is C11H10BrF3N2O3. The predicted molar refractivity (Wildman–Crippen MR) is 68.4 cm³/mol. The van der Waals surface area contributed by atoms with Crippen LogP contribution in [-0.2, 0) is 11.0 Å². The van der Waals surface area contributed by atoms with E-state index in [-0.39, 0.29) is 4.47 Å². The van der Waals surface area contributed by atoms with E-state index in [0.29, 0.717) is 0 Å². The summed E-state index contributed by atoms with van der Waals surface area (Å²) in [6.07, 6.45) is -4.65. The molecule has 3 N–H and O–H groups in total. The van der Waals surface area contributed by atoms with Crippen molar-refractivity contribution in [2.75, 3.05) is 5.32 Å². The van der Waals surface area contributed by atoms with Gasteiger partial charge >= 0.3 is 18.2 Å². The summed E-state index contributed by atoms with van der Waals surface area (Å²) in [4.78, 5) is 22.0. The predicted octanol–water partition coefficient (Wildman–Crippen LogP) is 3.06. The number of carbonyl (C=O) groups excluding carboxylic acids is 1. The zero-order chi connectivity index (χ0) is 15.5. The lowest BCUT2D eigenvalue weighted by molar-refractivity contribution is -0.139. The topological polar surface area (TPSA) is 78.4 Å². The molecule has 0 bridgehead atoms. The molecule has 0 aromatic heterocycles. The molecule has 2 amide bonds. The molecule has 0 heterocycles. The third kappa shape index (κ3) is 4.41. The highest BCUT2D eigenvalue weighted by atomic mass is 79.9. The Morgan fingerprint density at radius 2 is 1.95 bits per heavy atom. The zero-order valence-corrected chi connectivity index (χ0v) is 11.7. The molecule has 0 radical (unpaired) electrons. The van der Waals surface area contributed by atoms with Gasteiger partial charge in [-0.05, 0) is 25.1 Å². The molecule has 1 unspecified atom stereocenters. The van der Waals surface area contributed by atoms with E-state index in [4.69, 9.17) is 5.11 Å². The normalized spacial score (nSPS) is 12.7. The largest absolute Gasteiger partial charge is 0.480 e. The van der Waals surface area contributed by atoms with Gasteiger partial charge in [-0.2, -0.15) is 13.2 Å². The van der Waals surface area contributed by atoms with Crippen LogP contribution in [0.2, 0.25) is 0 Å². The standard InChI is InChI=1S/C11H10BrF3N2O3/c1-5(9(18)19)16-10(20)17-8-3-2-6(12)4-7(8)11(13,14)15/h2-5H,1H3,(H,18,19)(H2,16,17,20). The van der Waals surface area contributed by atoms with Crippen LogP contribution in [0.15, 0.2) is 22.7 Å². The Morgan fingerprint density at radius 1 is 1.35 bits per heavy atom. The van der Waals surface area contributed by atoms with E-state index in [2.05, 4.69) is 15.9 Å². The fourth-order valence-corrected chi connectivity index (χ4v) is 1.64. The number of carbonyl (C=O) groups is 2. The minimum absolute atomic E-state index is 0.203. The summed E-state index contributed by atoms with van der Waals surface area (Å²) in [5, 5.41) is 12.6. The molecular weight excluding hydrogens is 345 g/mol. The van der Waals surface area contributed by atoms with E-state index in [9.17, 15) is 22.8 Å². The van der Waals surface area contributed by atoms with Gasteiger partial charge in [0.25, 0.3) is 0 Å². The number of benzene rings is 1. The van der Waals surface area contributed by atoms with Gasteiger partial charge in [0.2, 0.25) is 0 Å². The van der Waals surface area contributed by atoms with Gasteiger partial charge in [-0.3, -0.25) is 4.79 Å². The number of urea groups is 1. The Hall–Kier alpha value is -1.77. The Balaban J connectivity index is 2.93. The summed E-state index contributed by atoms with van der Waals surface area (Å²) >= 11 is 2.91. The summed E-state index contributed by atoms with van der Waals surface area (Å²) in [6, 6.07) is 0.951. The number of hydrogen-bond donors (Lipinski definition) is 3. The number of nitrogens with one attached hydrogen (secondary N) is 2. The third-order valence-corrected chi connectivity index (χ3v) is 2.75. The van der Waals surface area contributed by atoms with Crippen molar-refractivity contribution in [3.63, 3.8) is 0 Å². The molecule has 1 aromatic rings. The molecule has 0 saturated carbocycles. The maximum absolute atomic E-state index is 12.8. The van der Waals surface area contributed by atoms with Gasteiger partial charge in [0, 0.05) is 4.47 Å². The van der Waals surface area contributed by atoms with E-state index >= 15 is 0 Å². The Bertz CT molecular complexity index is 534. The lowest BCUT2D eigenvalue weighted by Gasteiger charge is -2.15. The number of carboxylic acid groups (broad SMARTS) is 1. The number of rotatable bonds is 3. The maximum Gasteiger partial charge on any atom is 0.418 e. The van der Waals surface area contributed by atoms with Crippen LogP contribution >= 0.6 is 15.9 Å². The van der Waals surface area contributed by atoms with Crippen molar-refractivity contribution < 1.29 is 27.9 Å². The fourth-order valence-electron chi connectivity index (χ4n) is 1.28. The van der Waals surface area contributed by atoms with Gasteiger partial charge in [0.05, 0.1) is 11.3 Å². The monoisotopic (exact) mass is 354 g/mol. The van der Waals surface area contributed by atoms with Crippen molar-refractivity contribution in [1.82, 2.24) is 5.32 Å². The number of anilines is 1. The Kier molecular flexibility index (Phi) is 4.98. The van der Waals surface area contributed by atoms with Crippen LogP contribution in [0.1, 0.15) is 12.5 Å². The second-order valence-corrected chi connectivity index (χ2v) is 4.76. The highest BCUT2D eigenvalue weighted by molar-refractivity contribution is 9.10.